The summed E-state index contributed by atoms with van der Waals surface area (Å²) >= 11 is 0. The molecule has 1 aromatic rings. The molecule has 2 unspecified atom stereocenters. The van der Waals surface area contributed by atoms with E-state index in [1.807, 2.05) is 6.92 Å². The second kappa shape index (κ2) is 5.51. The van der Waals surface area contributed by atoms with E-state index in [2.05, 4.69) is 10.1 Å². The summed E-state index contributed by atoms with van der Waals surface area (Å²) in [4.78, 5) is 0. The molecule has 0 spiro atoms. The van der Waals surface area contributed by atoms with Crippen molar-refractivity contribution in [2.24, 2.45) is 0 Å². The molecule has 17 heavy (non-hydrogen) atoms. The normalized spacial score (nSPS) is 15.6. The van der Waals surface area contributed by atoms with Crippen molar-refractivity contribution in [1.29, 1.82) is 0 Å². The lowest BCUT2D eigenvalue weighted by Gasteiger charge is -2.20. The number of nitrogens with one attached hydrogen (secondary N) is 1. The summed E-state index contributed by atoms with van der Waals surface area (Å²) in [6.45, 7) is 1.88. The van der Waals surface area contributed by atoms with Gasteiger partial charge in [0.15, 0.2) is 6.10 Å². The molecule has 96 valence electrons. The Morgan fingerprint density at radius 2 is 1.82 bits per heavy atom. The number of alkyl halides is 3. The van der Waals surface area contributed by atoms with Gasteiger partial charge in [0.1, 0.15) is 0 Å². The SMILES string of the molecule is CNC(C)c1cccc(C(OC)C(F)(F)F)c1. The number of halogens is 3. The van der Waals surface area contributed by atoms with Crippen LogP contribution in [0.4, 0.5) is 13.2 Å². The van der Waals surface area contributed by atoms with Gasteiger partial charge in [-0.2, -0.15) is 13.2 Å². The van der Waals surface area contributed by atoms with Gasteiger partial charge in [0.25, 0.3) is 0 Å². The van der Waals surface area contributed by atoms with Gasteiger partial charge in [-0.1, -0.05) is 24.3 Å². The van der Waals surface area contributed by atoms with Crippen molar-refractivity contribution in [2.45, 2.75) is 25.2 Å². The fraction of sp³-hybridized carbons (Fsp3) is 0.500. The zero-order valence-corrected chi connectivity index (χ0v) is 10.0. The van der Waals surface area contributed by atoms with Crippen LogP contribution in [0.1, 0.15) is 30.2 Å². The lowest BCUT2D eigenvalue weighted by atomic mass is 10.0. The number of hydrogen-bond acceptors (Lipinski definition) is 2. The molecule has 1 aromatic carbocycles. The van der Waals surface area contributed by atoms with Gasteiger partial charge < -0.3 is 10.1 Å². The molecule has 5 heteroatoms. The van der Waals surface area contributed by atoms with E-state index in [-0.39, 0.29) is 11.6 Å². The second-order valence-corrected chi connectivity index (χ2v) is 3.84. The molecule has 0 radical (unpaired) electrons. The molecule has 1 rings (SSSR count). The first-order chi connectivity index (χ1) is 7.90. The van der Waals surface area contributed by atoms with Crippen LogP contribution < -0.4 is 5.32 Å². The molecule has 0 heterocycles. The summed E-state index contributed by atoms with van der Waals surface area (Å²) in [6, 6.07) is 6.33. The number of rotatable bonds is 4. The van der Waals surface area contributed by atoms with Gasteiger partial charge >= 0.3 is 6.18 Å². The van der Waals surface area contributed by atoms with Crippen molar-refractivity contribution in [3.63, 3.8) is 0 Å². The number of methoxy groups -OCH3 is 1. The Hall–Kier alpha value is -1.07. The number of hydrogen-bond donors (Lipinski definition) is 1. The molecule has 0 aromatic heterocycles. The first-order valence-electron chi connectivity index (χ1n) is 5.26. The van der Waals surface area contributed by atoms with Gasteiger partial charge in [-0.05, 0) is 25.1 Å². The van der Waals surface area contributed by atoms with E-state index in [4.69, 9.17) is 0 Å². The lowest BCUT2D eigenvalue weighted by molar-refractivity contribution is -0.216. The second-order valence-electron chi connectivity index (χ2n) is 3.84. The maximum atomic E-state index is 12.7. The first kappa shape index (κ1) is 14.0. The topological polar surface area (TPSA) is 21.3 Å². The van der Waals surface area contributed by atoms with Crippen molar-refractivity contribution in [3.05, 3.63) is 35.4 Å². The minimum Gasteiger partial charge on any atom is -0.367 e. The third kappa shape index (κ3) is 3.44. The predicted octanol–water partition coefficient (Wildman–Crippen LogP) is 3.22. The van der Waals surface area contributed by atoms with Gasteiger partial charge in [-0.25, -0.2) is 0 Å². The van der Waals surface area contributed by atoms with Crippen LogP contribution >= 0.6 is 0 Å². The summed E-state index contributed by atoms with van der Waals surface area (Å²) < 4.78 is 42.6. The molecule has 0 aliphatic rings. The van der Waals surface area contributed by atoms with Crippen molar-refractivity contribution < 1.29 is 17.9 Å². The maximum absolute atomic E-state index is 12.7. The standard InChI is InChI=1S/C12H16F3NO/c1-8(16-2)9-5-4-6-10(7-9)11(17-3)12(13,14)15/h4-8,11,16H,1-3H3. The van der Waals surface area contributed by atoms with E-state index in [0.717, 1.165) is 12.7 Å². The molecule has 0 saturated heterocycles. The van der Waals surface area contributed by atoms with Crippen molar-refractivity contribution in [1.82, 2.24) is 5.32 Å². The monoisotopic (exact) mass is 247 g/mol. The molecule has 0 bridgehead atoms. The molecular formula is C12H16F3NO. The van der Waals surface area contributed by atoms with Gasteiger partial charge in [0, 0.05) is 13.2 Å². The summed E-state index contributed by atoms with van der Waals surface area (Å²) in [5.74, 6) is 0. The van der Waals surface area contributed by atoms with Crippen LogP contribution in [0.25, 0.3) is 0 Å². The van der Waals surface area contributed by atoms with Gasteiger partial charge in [0.05, 0.1) is 0 Å². The Morgan fingerprint density at radius 1 is 1.24 bits per heavy atom. The van der Waals surface area contributed by atoms with E-state index in [0.29, 0.717) is 0 Å². The Balaban J connectivity index is 3.05. The minimum atomic E-state index is -4.39. The zero-order chi connectivity index (χ0) is 13.1. The molecule has 0 aliphatic carbocycles. The van der Waals surface area contributed by atoms with Crippen LogP contribution in [-0.2, 0) is 4.74 Å². The Labute approximate surface area is 98.8 Å². The molecule has 0 fully saturated rings. The molecule has 2 atom stereocenters. The lowest BCUT2D eigenvalue weighted by Crippen LogP contribution is -2.23. The van der Waals surface area contributed by atoms with E-state index in [1.165, 1.54) is 12.1 Å². The van der Waals surface area contributed by atoms with Crippen LogP contribution in [-0.4, -0.2) is 20.3 Å². The summed E-state index contributed by atoms with van der Waals surface area (Å²) in [5, 5.41) is 2.98. The largest absolute Gasteiger partial charge is 0.418 e. The molecule has 0 aliphatic heterocycles. The quantitative estimate of drug-likeness (QED) is 0.882. The minimum absolute atomic E-state index is 0.000639. The Kier molecular flexibility index (Phi) is 4.54. The first-order valence-corrected chi connectivity index (χ1v) is 5.26. The van der Waals surface area contributed by atoms with Crippen LogP contribution in [0.2, 0.25) is 0 Å². The van der Waals surface area contributed by atoms with Crippen LogP contribution in [0.3, 0.4) is 0 Å². The highest BCUT2D eigenvalue weighted by Crippen LogP contribution is 2.35. The third-order valence-corrected chi connectivity index (χ3v) is 2.68. The summed E-state index contributed by atoms with van der Waals surface area (Å²) in [6.07, 6.45) is -6.26. The van der Waals surface area contributed by atoms with E-state index < -0.39 is 12.3 Å². The Morgan fingerprint density at radius 3 is 2.29 bits per heavy atom. The molecule has 0 saturated carbocycles. The van der Waals surface area contributed by atoms with Crippen molar-refractivity contribution in [2.75, 3.05) is 14.2 Å². The van der Waals surface area contributed by atoms with E-state index in [9.17, 15) is 13.2 Å². The number of benzene rings is 1. The van der Waals surface area contributed by atoms with Crippen LogP contribution in [0.15, 0.2) is 24.3 Å². The fourth-order valence-corrected chi connectivity index (χ4v) is 1.62. The molecule has 2 nitrogen and oxygen atoms in total. The highest BCUT2D eigenvalue weighted by atomic mass is 19.4. The smallest absolute Gasteiger partial charge is 0.367 e. The highest BCUT2D eigenvalue weighted by Gasteiger charge is 2.41. The number of ether oxygens (including phenoxy) is 1. The maximum Gasteiger partial charge on any atom is 0.418 e. The van der Waals surface area contributed by atoms with Crippen molar-refractivity contribution >= 4 is 0 Å². The average Bonchev–Trinajstić information content (AvgIpc) is 2.27. The molecule has 1 N–H and O–H groups in total. The van der Waals surface area contributed by atoms with Gasteiger partial charge in [-0.3, -0.25) is 0 Å². The van der Waals surface area contributed by atoms with Gasteiger partial charge in [0.2, 0.25) is 0 Å². The van der Waals surface area contributed by atoms with Crippen LogP contribution in [0, 0.1) is 0 Å². The average molecular weight is 247 g/mol. The van der Waals surface area contributed by atoms with E-state index >= 15 is 0 Å². The molecule has 0 amide bonds. The highest BCUT2D eigenvalue weighted by molar-refractivity contribution is 5.28. The van der Waals surface area contributed by atoms with Gasteiger partial charge in [-0.15, -0.1) is 0 Å². The fourth-order valence-electron chi connectivity index (χ4n) is 1.62. The summed E-state index contributed by atoms with van der Waals surface area (Å²) in [5.41, 5.74) is 0.927. The zero-order valence-electron chi connectivity index (χ0n) is 10.0. The van der Waals surface area contributed by atoms with E-state index in [1.54, 1.807) is 19.2 Å². The third-order valence-electron chi connectivity index (χ3n) is 2.68. The Bertz CT molecular complexity index is 365. The predicted molar refractivity (Wildman–Crippen MR) is 59.7 cm³/mol. The molecular weight excluding hydrogens is 231 g/mol. The van der Waals surface area contributed by atoms with Crippen LogP contribution in [0.5, 0.6) is 0 Å². The van der Waals surface area contributed by atoms with Crippen molar-refractivity contribution in [3.8, 4) is 0 Å². The summed E-state index contributed by atoms with van der Waals surface area (Å²) in [7, 11) is 2.82.